The number of nitrogen functional groups attached to an aromatic ring is 1. The van der Waals surface area contributed by atoms with E-state index in [9.17, 15) is 0 Å². The third kappa shape index (κ3) is 3.32. The second kappa shape index (κ2) is 5.70. The van der Waals surface area contributed by atoms with Crippen molar-refractivity contribution in [1.82, 2.24) is 4.90 Å². The fourth-order valence-corrected chi connectivity index (χ4v) is 2.47. The first-order valence-corrected chi connectivity index (χ1v) is 6.84. The fourth-order valence-electron chi connectivity index (χ4n) is 2.47. The summed E-state index contributed by atoms with van der Waals surface area (Å²) in [6.45, 7) is 7.42. The van der Waals surface area contributed by atoms with Crippen LogP contribution in [0.1, 0.15) is 26.7 Å². The van der Waals surface area contributed by atoms with Crippen LogP contribution in [0.5, 0.6) is 11.5 Å². The molecule has 0 unspecified atom stereocenters. The average Bonchev–Trinajstić information content (AvgIpc) is 2.91. The summed E-state index contributed by atoms with van der Waals surface area (Å²) < 4.78 is 11.2. The van der Waals surface area contributed by atoms with E-state index < -0.39 is 0 Å². The van der Waals surface area contributed by atoms with Gasteiger partial charge in [-0.2, -0.15) is 0 Å². The second-order valence-electron chi connectivity index (χ2n) is 5.71. The summed E-state index contributed by atoms with van der Waals surface area (Å²) in [5.41, 5.74) is 6.47. The molecule has 1 fully saturated rings. The highest BCUT2D eigenvalue weighted by Gasteiger charge is 2.30. The lowest BCUT2D eigenvalue weighted by atomic mass is 10.1. The minimum absolute atomic E-state index is 0.0445. The van der Waals surface area contributed by atoms with Crippen molar-refractivity contribution >= 4 is 5.69 Å². The highest BCUT2D eigenvalue weighted by Crippen LogP contribution is 2.30. The predicted molar refractivity (Wildman–Crippen MR) is 77.8 cm³/mol. The van der Waals surface area contributed by atoms with Crippen LogP contribution in [0.15, 0.2) is 18.2 Å². The molecule has 1 saturated heterocycles. The van der Waals surface area contributed by atoms with Gasteiger partial charge in [-0.1, -0.05) is 0 Å². The molecule has 106 valence electrons. The Morgan fingerprint density at radius 2 is 1.89 bits per heavy atom. The largest absolute Gasteiger partial charge is 0.493 e. The Morgan fingerprint density at radius 1 is 1.21 bits per heavy atom. The third-order valence-electron chi connectivity index (χ3n) is 3.73. The summed E-state index contributed by atoms with van der Waals surface area (Å²) in [4.78, 5) is 2.48. The van der Waals surface area contributed by atoms with Gasteiger partial charge in [0, 0.05) is 17.3 Å². The summed E-state index contributed by atoms with van der Waals surface area (Å²) in [5.74, 6) is 1.45. The number of hydrogen-bond donors (Lipinski definition) is 1. The van der Waals surface area contributed by atoms with Gasteiger partial charge in [-0.3, -0.25) is 4.90 Å². The van der Waals surface area contributed by atoms with E-state index in [1.165, 1.54) is 12.8 Å². The number of nitrogens with two attached hydrogens (primary N) is 1. The highest BCUT2D eigenvalue weighted by molar-refractivity contribution is 5.51. The minimum Gasteiger partial charge on any atom is -0.493 e. The van der Waals surface area contributed by atoms with E-state index in [1.54, 1.807) is 13.2 Å². The van der Waals surface area contributed by atoms with Crippen molar-refractivity contribution < 1.29 is 9.47 Å². The molecule has 4 nitrogen and oxygen atoms in total. The first kappa shape index (κ1) is 14.0. The van der Waals surface area contributed by atoms with Gasteiger partial charge < -0.3 is 15.2 Å². The van der Waals surface area contributed by atoms with E-state index in [1.807, 2.05) is 12.1 Å². The van der Waals surface area contributed by atoms with Crippen molar-refractivity contribution in [3.8, 4) is 11.5 Å². The zero-order valence-electron chi connectivity index (χ0n) is 12.1. The van der Waals surface area contributed by atoms with E-state index in [2.05, 4.69) is 18.7 Å². The lowest BCUT2D eigenvalue weighted by Crippen LogP contribution is -2.46. The van der Waals surface area contributed by atoms with E-state index in [0.717, 1.165) is 18.8 Å². The summed E-state index contributed by atoms with van der Waals surface area (Å²) >= 11 is 0. The highest BCUT2D eigenvalue weighted by atomic mass is 16.5. The Kier molecular flexibility index (Phi) is 4.20. The molecule has 2 rings (SSSR count). The first-order chi connectivity index (χ1) is 9.03. The normalized spacial score (nSPS) is 16.6. The number of anilines is 1. The van der Waals surface area contributed by atoms with E-state index in [-0.39, 0.29) is 5.54 Å². The summed E-state index contributed by atoms with van der Waals surface area (Å²) in [5, 5.41) is 0. The molecule has 0 aromatic heterocycles. The lowest BCUT2D eigenvalue weighted by Gasteiger charge is -2.35. The molecule has 1 aromatic carbocycles. The minimum atomic E-state index is 0.0445. The van der Waals surface area contributed by atoms with Crippen molar-refractivity contribution in [2.45, 2.75) is 32.2 Å². The van der Waals surface area contributed by atoms with Crippen LogP contribution in [-0.4, -0.2) is 37.2 Å². The van der Waals surface area contributed by atoms with Gasteiger partial charge in [-0.15, -0.1) is 0 Å². The van der Waals surface area contributed by atoms with E-state index in [0.29, 0.717) is 18.0 Å². The maximum absolute atomic E-state index is 5.94. The Balaban J connectivity index is 2.01. The number of hydrogen-bond acceptors (Lipinski definition) is 4. The molecule has 0 atom stereocenters. The Hall–Kier alpha value is -1.42. The predicted octanol–water partition coefficient (Wildman–Crippen LogP) is 2.53. The zero-order chi connectivity index (χ0) is 13.9. The van der Waals surface area contributed by atoms with Crippen LogP contribution in [0.2, 0.25) is 0 Å². The topological polar surface area (TPSA) is 47.7 Å². The molecule has 4 heteroatoms. The third-order valence-corrected chi connectivity index (χ3v) is 3.73. The molecule has 0 aliphatic carbocycles. The number of nitrogens with zero attached hydrogens (tertiary/aromatic N) is 1. The quantitative estimate of drug-likeness (QED) is 0.830. The molecular weight excluding hydrogens is 240 g/mol. The maximum atomic E-state index is 5.94. The van der Waals surface area contributed by atoms with Gasteiger partial charge in [0.15, 0.2) is 11.5 Å². The smallest absolute Gasteiger partial charge is 0.162 e. The van der Waals surface area contributed by atoms with Crippen molar-refractivity contribution in [3.05, 3.63) is 18.2 Å². The van der Waals surface area contributed by atoms with Crippen molar-refractivity contribution in [2.75, 3.05) is 32.5 Å². The van der Waals surface area contributed by atoms with Gasteiger partial charge in [0.1, 0.15) is 6.61 Å². The number of methoxy groups -OCH3 is 1. The fraction of sp³-hybridized carbons (Fsp3) is 0.600. The molecule has 19 heavy (non-hydrogen) atoms. The van der Waals surface area contributed by atoms with Crippen molar-refractivity contribution in [3.63, 3.8) is 0 Å². The SMILES string of the molecule is COc1cc(N)ccc1OCC(C)(C)N1CCCC1. The van der Waals surface area contributed by atoms with Gasteiger partial charge in [0.2, 0.25) is 0 Å². The Bertz CT molecular complexity index is 426. The standard InChI is InChI=1S/C15H24N2O2/c1-15(2,17-8-4-5-9-17)11-19-13-7-6-12(16)10-14(13)18-3/h6-7,10H,4-5,8-9,11,16H2,1-3H3. The number of likely N-dealkylation sites (tertiary alicyclic amines) is 1. The van der Waals surface area contributed by atoms with Crippen molar-refractivity contribution in [1.29, 1.82) is 0 Å². The van der Waals surface area contributed by atoms with Gasteiger partial charge in [-0.25, -0.2) is 0 Å². The van der Waals surface area contributed by atoms with E-state index >= 15 is 0 Å². The zero-order valence-corrected chi connectivity index (χ0v) is 12.1. The van der Waals surface area contributed by atoms with Crippen LogP contribution < -0.4 is 15.2 Å². The molecule has 1 heterocycles. The van der Waals surface area contributed by atoms with Crippen LogP contribution in [0, 0.1) is 0 Å². The second-order valence-corrected chi connectivity index (χ2v) is 5.71. The van der Waals surface area contributed by atoms with Crippen molar-refractivity contribution in [2.24, 2.45) is 0 Å². The first-order valence-electron chi connectivity index (χ1n) is 6.84. The van der Waals surface area contributed by atoms with Crippen LogP contribution in [0.25, 0.3) is 0 Å². The molecule has 0 amide bonds. The Morgan fingerprint density at radius 3 is 2.53 bits per heavy atom. The molecule has 1 aromatic rings. The Labute approximate surface area is 115 Å². The maximum Gasteiger partial charge on any atom is 0.162 e. The van der Waals surface area contributed by atoms with Gasteiger partial charge in [0.05, 0.1) is 7.11 Å². The van der Waals surface area contributed by atoms with Crippen LogP contribution in [0.3, 0.4) is 0 Å². The molecule has 0 saturated carbocycles. The molecule has 1 aliphatic heterocycles. The van der Waals surface area contributed by atoms with E-state index in [4.69, 9.17) is 15.2 Å². The molecular formula is C15H24N2O2. The number of benzene rings is 1. The molecule has 0 spiro atoms. The number of rotatable bonds is 5. The molecule has 0 bridgehead atoms. The summed E-state index contributed by atoms with van der Waals surface area (Å²) in [6.07, 6.45) is 2.57. The van der Waals surface area contributed by atoms with Crippen LogP contribution in [0.4, 0.5) is 5.69 Å². The molecule has 0 radical (unpaired) electrons. The average molecular weight is 264 g/mol. The van der Waals surface area contributed by atoms with Crippen LogP contribution in [-0.2, 0) is 0 Å². The van der Waals surface area contributed by atoms with Gasteiger partial charge >= 0.3 is 0 Å². The lowest BCUT2D eigenvalue weighted by molar-refractivity contribution is 0.0879. The summed E-state index contributed by atoms with van der Waals surface area (Å²) in [7, 11) is 1.63. The number of ether oxygens (including phenoxy) is 2. The van der Waals surface area contributed by atoms with Gasteiger partial charge in [-0.05, 0) is 51.9 Å². The van der Waals surface area contributed by atoms with Gasteiger partial charge in [0.25, 0.3) is 0 Å². The monoisotopic (exact) mass is 264 g/mol. The summed E-state index contributed by atoms with van der Waals surface area (Å²) in [6, 6.07) is 5.49. The molecule has 1 aliphatic rings. The van der Waals surface area contributed by atoms with Crippen LogP contribution >= 0.6 is 0 Å². The molecule has 2 N–H and O–H groups in total.